The van der Waals surface area contributed by atoms with Crippen LogP contribution in [0.4, 0.5) is 17.6 Å². The van der Waals surface area contributed by atoms with E-state index >= 15 is 0 Å². The first kappa shape index (κ1) is 18.5. The highest BCUT2D eigenvalue weighted by atomic mass is 19.4. The molecule has 0 radical (unpaired) electrons. The molecule has 1 aromatic carbocycles. The molecule has 140 valence electrons. The summed E-state index contributed by atoms with van der Waals surface area (Å²) in [4.78, 5) is 15.8. The Bertz CT molecular complexity index is 909. The lowest BCUT2D eigenvalue weighted by molar-refractivity contribution is -0.155. The van der Waals surface area contributed by atoms with E-state index in [-0.39, 0.29) is 17.8 Å². The molecule has 3 rings (SSSR count). The Morgan fingerprint density at radius 2 is 1.93 bits per heavy atom. The van der Waals surface area contributed by atoms with Crippen LogP contribution in [0, 0.1) is 5.82 Å². The Morgan fingerprint density at radius 3 is 2.56 bits per heavy atom. The number of carbonyl (C=O) groups excluding carboxylic acids is 1. The largest absolute Gasteiger partial charge is 0.412 e. The van der Waals surface area contributed by atoms with Crippen LogP contribution in [0.25, 0.3) is 0 Å². The van der Waals surface area contributed by atoms with Crippen molar-refractivity contribution in [3.8, 4) is 0 Å². The van der Waals surface area contributed by atoms with Crippen molar-refractivity contribution < 1.29 is 22.4 Å². The van der Waals surface area contributed by atoms with Gasteiger partial charge in [0, 0.05) is 18.0 Å². The number of pyridine rings is 1. The number of aromatic nitrogens is 4. The van der Waals surface area contributed by atoms with Crippen LogP contribution in [0.15, 0.2) is 55.0 Å². The second-order valence-corrected chi connectivity index (χ2v) is 5.66. The maximum absolute atomic E-state index is 13.3. The lowest BCUT2D eigenvalue weighted by Gasteiger charge is -2.21. The van der Waals surface area contributed by atoms with E-state index in [9.17, 15) is 22.4 Å². The number of rotatable bonds is 5. The van der Waals surface area contributed by atoms with Gasteiger partial charge in [-0.2, -0.15) is 13.2 Å². The van der Waals surface area contributed by atoms with E-state index in [2.05, 4.69) is 15.3 Å². The molecule has 0 spiro atoms. The maximum Gasteiger partial charge on any atom is 0.412 e. The Kier molecular flexibility index (Phi) is 5.15. The van der Waals surface area contributed by atoms with Crippen molar-refractivity contribution in [2.24, 2.45) is 0 Å². The van der Waals surface area contributed by atoms with Gasteiger partial charge in [0.15, 0.2) is 11.7 Å². The lowest BCUT2D eigenvalue weighted by atomic mass is 10.1. The van der Waals surface area contributed by atoms with Gasteiger partial charge in [-0.1, -0.05) is 23.4 Å². The minimum atomic E-state index is -4.71. The third-order valence-corrected chi connectivity index (χ3v) is 3.65. The SMILES string of the molecule is O=C(NC(c1cccnc1)C(F)(F)F)c1cn(Cc2ccc(F)cc2)nn1. The molecule has 1 N–H and O–H groups in total. The molecule has 2 heterocycles. The second-order valence-electron chi connectivity index (χ2n) is 5.66. The van der Waals surface area contributed by atoms with Gasteiger partial charge >= 0.3 is 6.18 Å². The molecule has 3 aromatic rings. The Hall–Kier alpha value is -3.30. The molecule has 0 fully saturated rings. The smallest absolute Gasteiger partial charge is 0.335 e. The minimum absolute atomic E-state index is 0.186. The third kappa shape index (κ3) is 4.66. The predicted molar refractivity (Wildman–Crippen MR) is 86.0 cm³/mol. The predicted octanol–water partition coefficient (Wildman–Crippen LogP) is 2.89. The van der Waals surface area contributed by atoms with Crippen LogP contribution >= 0.6 is 0 Å². The summed E-state index contributed by atoms with van der Waals surface area (Å²) in [5, 5.41) is 9.22. The van der Waals surface area contributed by atoms with E-state index in [1.165, 1.54) is 53.5 Å². The van der Waals surface area contributed by atoms with E-state index in [1.54, 1.807) is 0 Å². The molecule has 0 aliphatic rings. The molecule has 0 aliphatic heterocycles. The molecule has 2 aromatic heterocycles. The first-order chi connectivity index (χ1) is 12.8. The van der Waals surface area contributed by atoms with Crippen molar-refractivity contribution in [1.29, 1.82) is 0 Å². The van der Waals surface area contributed by atoms with Crippen molar-refractivity contribution in [2.45, 2.75) is 18.8 Å². The zero-order valence-electron chi connectivity index (χ0n) is 13.7. The average molecular weight is 379 g/mol. The second kappa shape index (κ2) is 7.52. The Morgan fingerprint density at radius 1 is 1.19 bits per heavy atom. The average Bonchev–Trinajstić information content (AvgIpc) is 3.10. The standard InChI is InChI=1S/C17H13F4N5O/c18-13-5-3-11(4-6-13)9-26-10-14(24-25-26)16(27)23-15(17(19,20)21)12-2-1-7-22-8-12/h1-8,10,15H,9H2,(H,23,27). The molecule has 10 heteroatoms. The Balaban J connectivity index is 1.73. The number of benzene rings is 1. The van der Waals surface area contributed by atoms with Crippen LogP contribution < -0.4 is 5.32 Å². The third-order valence-electron chi connectivity index (χ3n) is 3.65. The number of halogens is 4. The fourth-order valence-corrected chi connectivity index (χ4v) is 2.36. The summed E-state index contributed by atoms with van der Waals surface area (Å²) < 4.78 is 54.1. The Labute approximate surface area is 150 Å². The zero-order chi connectivity index (χ0) is 19.4. The van der Waals surface area contributed by atoms with Gasteiger partial charge in [0.2, 0.25) is 0 Å². The maximum atomic E-state index is 13.3. The van der Waals surface area contributed by atoms with Crippen molar-refractivity contribution in [3.05, 3.63) is 77.6 Å². The molecule has 0 saturated heterocycles. The summed E-state index contributed by atoms with van der Waals surface area (Å²) in [6.45, 7) is 0.186. The fraction of sp³-hybridized carbons (Fsp3) is 0.176. The molecule has 1 atom stereocenters. The molecule has 6 nitrogen and oxygen atoms in total. The molecule has 1 unspecified atom stereocenters. The number of amides is 1. The molecular weight excluding hydrogens is 366 g/mol. The van der Waals surface area contributed by atoms with Gasteiger partial charge in [-0.05, 0) is 23.8 Å². The molecular formula is C17H13F4N5O. The highest BCUT2D eigenvalue weighted by molar-refractivity contribution is 5.92. The van der Waals surface area contributed by atoms with Gasteiger partial charge in [-0.3, -0.25) is 9.78 Å². The first-order valence-corrected chi connectivity index (χ1v) is 7.75. The first-order valence-electron chi connectivity index (χ1n) is 7.75. The highest BCUT2D eigenvalue weighted by Gasteiger charge is 2.42. The van der Waals surface area contributed by atoms with Gasteiger partial charge in [0.25, 0.3) is 5.91 Å². The quantitative estimate of drug-likeness (QED) is 0.692. The summed E-state index contributed by atoms with van der Waals surface area (Å²) in [5.74, 6) is -1.42. The summed E-state index contributed by atoms with van der Waals surface area (Å²) in [5.41, 5.74) is 0.226. The van der Waals surface area contributed by atoms with Crippen molar-refractivity contribution >= 4 is 5.91 Å². The zero-order valence-corrected chi connectivity index (χ0v) is 13.7. The van der Waals surface area contributed by atoms with Crippen molar-refractivity contribution in [3.63, 3.8) is 0 Å². The van der Waals surface area contributed by atoms with E-state index in [1.807, 2.05) is 5.32 Å². The summed E-state index contributed by atoms with van der Waals surface area (Å²) >= 11 is 0. The minimum Gasteiger partial charge on any atom is -0.335 e. The topological polar surface area (TPSA) is 72.7 Å². The van der Waals surface area contributed by atoms with Gasteiger partial charge in [0.1, 0.15) is 5.82 Å². The van der Waals surface area contributed by atoms with Crippen LogP contribution in [-0.2, 0) is 6.54 Å². The van der Waals surface area contributed by atoms with E-state index in [0.29, 0.717) is 5.56 Å². The van der Waals surface area contributed by atoms with Gasteiger partial charge in [-0.25, -0.2) is 9.07 Å². The monoisotopic (exact) mass is 379 g/mol. The van der Waals surface area contributed by atoms with Crippen molar-refractivity contribution in [2.75, 3.05) is 0 Å². The molecule has 0 saturated carbocycles. The summed E-state index contributed by atoms with van der Waals surface area (Å²) in [7, 11) is 0. The van der Waals surface area contributed by atoms with E-state index in [0.717, 1.165) is 6.20 Å². The van der Waals surface area contributed by atoms with E-state index in [4.69, 9.17) is 0 Å². The highest BCUT2D eigenvalue weighted by Crippen LogP contribution is 2.32. The molecule has 0 aliphatic carbocycles. The molecule has 0 bridgehead atoms. The van der Waals surface area contributed by atoms with Crippen LogP contribution in [0.1, 0.15) is 27.7 Å². The number of alkyl halides is 3. The van der Waals surface area contributed by atoms with Gasteiger partial charge in [-0.15, -0.1) is 5.10 Å². The number of nitrogens with one attached hydrogen (secondary N) is 1. The molecule has 1 amide bonds. The van der Waals surface area contributed by atoms with Gasteiger partial charge < -0.3 is 5.32 Å². The fourth-order valence-electron chi connectivity index (χ4n) is 2.36. The van der Waals surface area contributed by atoms with Crippen LogP contribution in [0.3, 0.4) is 0 Å². The van der Waals surface area contributed by atoms with Crippen molar-refractivity contribution in [1.82, 2.24) is 25.3 Å². The van der Waals surface area contributed by atoms with Gasteiger partial charge in [0.05, 0.1) is 12.7 Å². The summed E-state index contributed by atoms with van der Waals surface area (Å²) in [6, 6.07) is 5.93. The van der Waals surface area contributed by atoms with Crippen LogP contribution in [0.2, 0.25) is 0 Å². The number of nitrogens with zero attached hydrogens (tertiary/aromatic N) is 4. The molecule has 27 heavy (non-hydrogen) atoms. The summed E-state index contributed by atoms with van der Waals surface area (Å²) in [6.07, 6.45) is -1.12. The number of carbonyl (C=O) groups is 1. The number of hydrogen-bond acceptors (Lipinski definition) is 4. The van der Waals surface area contributed by atoms with Crippen LogP contribution in [0.5, 0.6) is 0 Å². The lowest BCUT2D eigenvalue weighted by Crippen LogP contribution is -2.38. The van der Waals surface area contributed by atoms with E-state index < -0.39 is 23.9 Å². The normalized spacial score (nSPS) is 12.6. The van der Waals surface area contributed by atoms with Crippen LogP contribution in [-0.4, -0.2) is 32.1 Å². The number of hydrogen-bond donors (Lipinski definition) is 1.